The summed E-state index contributed by atoms with van der Waals surface area (Å²) >= 11 is 0. The van der Waals surface area contributed by atoms with E-state index in [1.165, 1.54) is 5.56 Å². The summed E-state index contributed by atoms with van der Waals surface area (Å²) < 4.78 is 5.35. The van der Waals surface area contributed by atoms with Gasteiger partial charge in [-0.15, -0.1) is 0 Å². The van der Waals surface area contributed by atoms with Crippen LogP contribution in [0.3, 0.4) is 0 Å². The van der Waals surface area contributed by atoms with Gasteiger partial charge in [0.1, 0.15) is 6.10 Å². The van der Waals surface area contributed by atoms with Crippen molar-refractivity contribution < 1.29 is 9.53 Å². The highest BCUT2D eigenvalue weighted by Gasteiger charge is 2.25. The van der Waals surface area contributed by atoms with Gasteiger partial charge in [0.15, 0.2) is 0 Å². The Kier molecular flexibility index (Phi) is 3.25. The fourth-order valence-electron chi connectivity index (χ4n) is 2.05. The van der Waals surface area contributed by atoms with Crippen molar-refractivity contribution in [2.45, 2.75) is 25.9 Å². The highest BCUT2D eigenvalue weighted by atomic mass is 16.5. The van der Waals surface area contributed by atoms with Gasteiger partial charge in [0, 0.05) is 13.0 Å². The predicted molar refractivity (Wildman–Crippen MR) is 62.7 cm³/mol. The molecule has 1 N–H and O–H groups in total. The molecular weight excluding hydrogens is 202 g/mol. The smallest absolute Gasteiger partial charge is 0.338 e. The van der Waals surface area contributed by atoms with Crippen LogP contribution in [0, 0.1) is 0 Å². The first-order valence-corrected chi connectivity index (χ1v) is 5.72. The summed E-state index contributed by atoms with van der Waals surface area (Å²) in [5.41, 5.74) is 3.03. The summed E-state index contributed by atoms with van der Waals surface area (Å²) in [5.74, 6) is -0.184. The van der Waals surface area contributed by atoms with Crippen LogP contribution in [0.15, 0.2) is 18.2 Å². The number of fused-ring (bicyclic) bond motifs is 1. The number of esters is 1. The molecule has 2 rings (SSSR count). The summed E-state index contributed by atoms with van der Waals surface area (Å²) in [4.78, 5) is 11.8. The van der Waals surface area contributed by atoms with Crippen LogP contribution in [-0.4, -0.2) is 25.7 Å². The first kappa shape index (κ1) is 11.1. The van der Waals surface area contributed by atoms with Gasteiger partial charge < -0.3 is 10.1 Å². The maximum atomic E-state index is 11.8. The Hall–Kier alpha value is -1.35. The second kappa shape index (κ2) is 4.66. The van der Waals surface area contributed by atoms with Gasteiger partial charge in [-0.1, -0.05) is 19.1 Å². The molecule has 0 bridgehead atoms. The fourth-order valence-corrected chi connectivity index (χ4v) is 2.05. The quantitative estimate of drug-likeness (QED) is 0.784. The van der Waals surface area contributed by atoms with E-state index in [9.17, 15) is 4.79 Å². The predicted octanol–water partition coefficient (Wildman–Crippen LogP) is 1.55. The average Bonchev–Trinajstić information content (AvgIpc) is 2.29. The summed E-state index contributed by atoms with van der Waals surface area (Å²) in [5, 5.41) is 3.03. The van der Waals surface area contributed by atoms with Crippen molar-refractivity contribution in [2.24, 2.45) is 0 Å². The number of carbonyl (C=O) groups is 1. The molecule has 0 radical (unpaired) electrons. The number of carbonyl (C=O) groups excluding carboxylic acids is 1. The number of likely N-dealkylation sites (N-methyl/N-ethyl adjacent to an activating group) is 1. The lowest BCUT2D eigenvalue weighted by Crippen LogP contribution is -2.35. The lowest BCUT2D eigenvalue weighted by Gasteiger charge is -2.24. The maximum Gasteiger partial charge on any atom is 0.338 e. The Morgan fingerprint density at radius 3 is 3.00 bits per heavy atom. The van der Waals surface area contributed by atoms with Crippen LogP contribution in [-0.2, 0) is 17.6 Å². The Labute approximate surface area is 95.8 Å². The Morgan fingerprint density at radius 2 is 2.31 bits per heavy atom. The first-order valence-electron chi connectivity index (χ1n) is 5.72. The van der Waals surface area contributed by atoms with E-state index in [1.807, 2.05) is 13.1 Å². The minimum atomic E-state index is -0.184. The maximum absolute atomic E-state index is 11.8. The molecule has 1 aromatic carbocycles. The number of aryl methyl sites for hydroxylation is 1. The van der Waals surface area contributed by atoms with Crippen LogP contribution in [0.4, 0.5) is 0 Å². The number of hydrogen-bond donors (Lipinski definition) is 1. The summed E-state index contributed by atoms with van der Waals surface area (Å²) in [6.45, 7) is 2.79. The zero-order chi connectivity index (χ0) is 11.5. The van der Waals surface area contributed by atoms with Crippen molar-refractivity contribution >= 4 is 5.97 Å². The molecule has 3 nitrogen and oxygen atoms in total. The van der Waals surface area contributed by atoms with Gasteiger partial charge in [-0.25, -0.2) is 4.79 Å². The number of hydrogen-bond acceptors (Lipinski definition) is 3. The summed E-state index contributed by atoms with van der Waals surface area (Å²) in [6, 6.07) is 6.10. The molecule has 0 fully saturated rings. The first-order chi connectivity index (χ1) is 7.74. The molecular formula is C13H17NO2. The molecule has 1 unspecified atom stereocenters. The Morgan fingerprint density at radius 1 is 1.50 bits per heavy atom. The van der Waals surface area contributed by atoms with E-state index in [0.29, 0.717) is 6.54 Å². The summed E-state index contributed by atoms with van der Waals surface area (Å²) in [7, 11) is 1.86. The molecule has 1 aromatic rings. The molecule has 1 heterocycles. The monoisotopic (exact) mass is 219 g/mol. The lowest BCUT2D eigenvalue weighted by molar-refractivity contribution is 0.0263. The number of cyclic esters (lactones) is 1. The standard InChI is InChI=1S/C13H17NO2/c1-3-9-4-5-10-7-11(8-14-2)16-13(15)12(10)6-9/h4-6,11,14H,3,7-8H2,1-2H3. The third kappa shape index (κ3) is 2.09. The molecule has 0 spiro atoms. The number of nitrogens with one attached hydrogen (secondary N) is 1. The largest absolute Gasteiger partial charge is 0.457 e. The third-order valence-electron chi connectivity index (χ3n) is 2.96. The normalized spacial score (nSPS) is 19.1. The van der Waals surface area contributed by atoms with E-state index in [-0.39, 0.29) is 12.1 Å². The van der Waals surface area contributed by atoms with Crippen LogP contribution in [0.25, 0.3) is 0 Å². The fraction of sp³-hybridized carbons (Fsp3) is 0.462. The summed E-state index contributed by atoms with van der Waals surface area (Å²) in [6.07, 6.45) is 1.73. The molecule has 1 aliphatic rings. The molecule has 86 valence electrons. The van der Waals surface area contributed by atoms with Crippen molar-refractivity contribution in [3.05, 3.63) is 34.9 Å². The molecule has 0 saturated heterocycles. The molecule has 0 saturated carbocycles. The minimum Gasteiger partial charge on any atom is -0.457 e. The zero-order valence-corrected chi connectivity index (χ0v) is 9.75. The van der Waals surface area contributed by atoms with Crippen LogP contribution >= 0.6 is 0 Å². The molecule has 0 aromatic heterocycles. The van der Waals surface area contributed by atoms with Crippen LogP contribution < -0.4 is 5.32 Å². The second-order valence-corrected chi connectivity index (χ2v) is 4.13. The molecule has 1 aliphatic heterocycles. The SMILES string of the molecule is CCc1ccc2c(c1)C(=O)OC(CNC)C2. The third-order valence-corrected chi connectivity index (χ3v) is 2.96. The van der Waals surface area contributed by atoms with Crippen LogP contribution in [0.5, 0.6) is 0 Å². The number of benzene rings is 1. The molecule has 16 heavy (non-hydrogen) atoms. The van der Waals surface area contributed by atoms with Gasteiger partial charge in [0.2, 0.25) is 0 Å². The highest BCUT2D eigenvalue weighted by molar-refractivity contribution is 5.92. The van der Waals surface area contributed by atoms with Gasteiger partial charge >= 0.3 is 5.97 Å². The van der Waals surface area contributed by atoms with E-state index in [1.54, 1.807) is 0 Å². The van der Waals surface area contributed by atoms with E-state index < -0.39 is 0 Å². The van der Waals surface area contributed by atoms with E-state index in [2.05, 4.69) is 24.4 Å². The van der Waals surface area contributed by atoms with Crippen LogP contribution in [0.1, 0.15) is 28.4 Å². The molecule has 3 heteroatoms. The van der Waals surface area contributed by atoms with Crippen molar-refractivity contribution in [2.75, 3.05) is 13.6 Å². The molecule has 1 atom stereocenters. The molecule has 0 aliphatic carbocycles. The highest BCUT2D eigenvalue weighted by Crippen LogP contribution is 2.22. The van der Waals surface area contributed by atoms with Gasteiger partial charge in [-0.2, -0.15) is 0 Å². The lowest BCUT2D eigenvalue weighted by atomic mass is 9.96. The van der Waals surface area contributed by atoms with Crippen molar-refractivity contribution in [1.29, 1.82) is 0 Å². The minimum absolute atomic E-state index is 0.0301. The van der Waals surface area contributed by atoms with Gasteiger partial charge in [0.25, 0.3) is 0 Å². The van der Waals surface area contributed by atoms with Crippen LogP contribution in [0.2, 0.25) is 0 Å². The van der Waals surface area contributed by atoms with E-state index in [0.717, 1.165) is 24.0 Å². The Bertz CT molecular complexity index is 401. The second-order valence-electron chi connectivity index (χ2n) is 4.13. The number of ether oxygens (including phenoxy) is 1. The zero-order valence-electron chi connectivity index (χ0n) is 9.75. The molecule has 0 amide bonds. The average molecular weight is 219 g/mol. The topological polar surface area (TPSA) is 38.3 Å². The van der Waals surface area contributed by atoms with E-state index >= 15 is 0 Å². The van der Waals surface area contributed by atoms with Crippen molar-refractivity contribution in [1.82, 2.24) is 5.32 Å². The van der Waals surface area contributed by atoms with Gasteiger partial charge in [-0.05, 0) is 30.7 Å². The van der Waals surface area contributed by atoms with E-state index in [4.69, 9.17) is 4.74 Å². The van der Waals surface area contributed by atoms with Gasteiger partial charge in [0.05, 0.1) is 5.56 Å². The Balaban J connectivity index is 2.27. The number of rotatable bonds is 3. The van der Waals surface area contributed by atoms with Crippen molar-refractivity contribution in [3.8, 4) is 0 Å². The van der Waals surface area contributed by atoms with Gasteiger partial charge in [-0.3, -0.25) is 0 Å². The van der Waals surface area contributed by atoms with Crippen molar-refractivity contribution in [3.63, 3.8) is 0 Å².